The van der Waals surface area contributed by atoms with Crippen molar-refractivity contribution in [2.75, 3.05) is 20.4 Å². The van der Waals surface area contributed by atoms with Gasteiger partial charge in [0.1, 0.15) is 0 Å². The van der Waals surface area contributed by atoms with Crippen LogP contribution in [0.25, 0.3) is 0 Å². The Morgan fingerprint density at radius 1 is 1.38 bits per heavy atom. The highest BCUT2D eigenvalue weighted by Crippen LogP contribution is 2.14. The van der Waals surface area contributed by atoms with Crippen molar-refractivity contribution in [1.29, 1.82) is 0 Å². The minimum atomic E-state index is 0.588. The second-order valence-electron chi connectivity index (χ2n) is 2.77. The van der Waals surface area contributed by atoms with E-state index in [2.05, 4.69) is 5.32 Å². The van der Waals surface area contributed by atoms with E-state index in [1.165, 1.54) is 5.56 Å². The highest BCUT2D eigenvalue weighted by atomic mass is 35.5. The summed E-state index contributed by atoms with van der Waals surface area (Å²) < 4.78 is 4.87. The number of nitrogens with one attached hydrogen (secondary N) is 1. The molecule has 0 heterocycles. The largest absolute Gasteiger partial charge is 0.370 e. The molecule has 2 nitrogen and oxygen atoms in total. The van der Waals surface area contributed by atoms with E-state index in [0.29, 0.717) is 6.73 Å². The molecular formula is C10H14ClNO. The summed E-state index contributed by atoms with van der Waals surface area (Å²) in [6.45, 7) is 1.47. The summed E-state index contributed by atoms with van der Waals surface area (Å²) in [6, 6.07) is 7.88. The van der Waals surface area contributed by atoms with E-state index in [1.807, 2.05) is 24.3 Å². The predicted molar refractivity (Wildman–Crippen MR) is 55.0 cm³/mol. The lowest BCUT2D eigenvalue weighted by molar-refractivity contribution is 0.176. The zero-order chi connectivity index (χ0) is 9.52. The topological polar surface area (TPSA) is 21.3 Å². The van der Waals surface area contributed by atoms with E-state index in [4.69, 9.17) is 16.3 Å². The van der Waals surface area contributed by atoms with Crippen molar-refractivity contribution in [3.63, 3.8) is 0 Å². The van der Waals surface area contributed by atoms with Crippen LogP contribution in [0, 0.1) is 0 Å². The molecule has 0 atom stereocenters. The zero-order valence-electron chi connectivity index (χ0n) is 7.72. The average Bonchev–Trinajstić information content (AvgIpc) is 2.15. The maximum Gasteiger partial charge on any atom is 0.0961 e. The van der Waals surface area contributed by atoms with Gasteiger partial charge in [0.15, 0.2) is 0 Å². The Morgan fingerprint density at radius 3 is 2.85 bits per heavy atom. The third-order valence-electron chi connectivity index (χ3n) is 1.78. The van der Waals surface area contributed by atoms with Crippen LogP contribution in [0.4, 0.5) is 0 Å². The predicted octanol–water partition coefficient (Wildman–Crippen LogP) is 2.08. The van der Waals surface area contributed by atoms with Crippen molar-refractivity contribution in [2.45, 2.75) is 6.42 Å². The number of methoxy groups -OCH3 is 1. The number of hydrogen-bond donors (Lipinski definition) is 1. The van der Waals surface area contributed by atoms with Crippen LogP contribution in [0.1, 0.15) is 5.56 Å². The molecule has 0 amide bonds. The number of ether oxygens (including phenoxy) is 1. The highest BCUT2D eigenvalue weighted by Gasteiger charge is 1.96. The van der Waals surface area contributed by atoms with Gasteiger partial charge < -0.3 is 4.74 Å². The molecule has 0 radical (unpaired) electrons. The molecule has 3 heteroatoms. The first-order valence-corrected chi connectivity index (χ1v) is 4.65. The van der Waals surface area contributed by atoms with Crippen LogP contribution in [0.5, 0.6) is 0 Å². The van der Waals surface area contributed by atoms with E-state index in [1.54, 1.807) is 7.11 Å². The molecule has 1 aromatic carbocycles. The van der Waals surface area contributed by atoms with Crippen molar-refractivity contribution >= 4 is 11.6 Å². The van der Waals surface area contributed by atoms with Crippen LogP contribution >= 0.6 is 11.6 Å². The van der Waals surface area contributed by atoms with Gasteiger partial charge in [-0.15, -0.1) is 0 Å². The number of benzene rings is 1. The van der Waals surface area contributed by atoms with E-state index in [-0.39, 0.29) is 0 Å². The van der Waals surface area contributed by atoms with E-state index in [0.717, 1.165) is 18.0 Å². The van der Waals surface area contributed by atoms with Crippen molar-refractivity contribution in [3.05, 3.63) is 34.9 Å². The van der Waals surface area contributed by atoms with Crippen molar-refractivity contribution < 1.29 is 4.74 Å². The number of halogens is 1. The molecule has 72 valence electrons. The smallest absolute Gasteiger partial charge is 0.0961 e. The molecule has 0 fully saturated rings. The quantitative estimate of drug-likeness (QED) is 0.579. The van der Waals surface area contributed by atoms with Gasteiger partial charge in [0.05, 0.1) is 6.73 Å². The van der Waals surface area contributed by atoms with Gasteiger partial charge in [-0.3, -0.25) is 5.32 Å². The molecule has 13 heavy (non-hydrogen) atoms. The van der Waals surface area contributed by atoms with Gasteiger partial charge in [0, 0.05) is 18.7 Å². The normalized spacial score (nSPS) is 10.3. The first-order valence-electron chi connectivity index (χ1n) is 4.27. The summed E-state index contributed by atoms with van der Waals surface area (Å²) in [4.78, 5) is 0. The zero-order valence-corrected chi connectivity index (χ0v) is 8.47. The van der Waals surface area contributed by atoms with Crippen LogP contribution < -0.4 is 5.32 Å². The van der Waals surface area contributed by atoms with Crippen LogP contribution in [0.3, 0.4) is 0 Å². The lowest BCUT2D eigenvalue weighted by Crippen LogP contribution is -2.19. The Kier molecular flexibility index (Phi) is 4.83. The molecule has 0 spiro atoms. The summed E-state index contributed by atoms with van der Waals surface area (Å²) in [6.07, 6.45) is 0.934. The maximum absolute atomic E-state index is 5.98. The Hall–Kier alpha value is -0.570. The van der Waals surface area contributed by atoms with Gasteiger partial charge in [0.25, 0.3) is 0 Å². The monoisotopic (exact) mass is 199 g/mol. The minimum Gasteiger partial charge on any atom is -0.370 e. The van der Waals surface area contributed by atoms with E-state index < -0.39 is 0 Å². The first kappa shape index (κ1) is 10.5. The maximum atomic E-state index is 5.98. The minimum absolute atomic E-state index is 0.588. The third-order valence-corrected chi connectivity index (χ3v) is 2.14. The van der Waals surface area contributed by atoms with Gasteiger partial charge in [0.2, 0.25) is 0 Å². The highest BCUT2D eigenvalue weighted by molar-refractivity contribution is 6.31. The molecule has 0 aliphatic heterocycles. The fourth-order valence-electron chi connectivity index (χ4n) is 1.10. The standard InChI is InChI=1S/C10H14ClNO/c1-13-8-12-7-6-9-4-2-3-5-10(9)11/h2-5,12H,6-8H2,1H3. The van der Waals surface area contributed by atoms with Gasteiger partial charge in [-0.25, -0.2) is 0 Å². The molecular weight excluding hydrogens is 186 g/mol. The molecule has 0 aliphatic carbocycles. The molecule has 0 aromatic heterocycles. The second kappa shape index (κ2) is 5.97. The average molecular weight is 200 g/mol. The number of rotatable bonds is 5. The Bertz CT molecular complexity index is 252. The van der Waals surface area contributed by atoms with E-state index >= 15 is 0 Å². The van der Waals surface area contributed by atoms with Gasteiger partial charge in [-0.2, -0.15) is 0 Å². The molecule has 0 aliphatic rings. The summed E-state index contributed by atoms with van der Waals surface area (Å²) >= 11 is 5.98. The van der Waals surface area contributed by atoms with Crippen molar-refractivity contribution in [2.24, 2.45) is 0 Å². The lowest BCUT2D eigenvalue weighted by atomic mass is 10.1. The Balaban J connectivity index is 2.32. The van der Waals surface area contributed by atoms with Gasteiger partial charge >= 0.3 is 0 Å². The molecule has 0 bridgehead atoms. The van der Waals surface area contributed by atoms with Gasteiger partial charge in [-0.1, -0.05) is 29.8 Å². The first-order chi connectivity index (χ1) is 6.34. The third kappa shape index (κ3) is 3.77. The van der Waals surface area contributed by atoms with Crippen LogP contribution in [-0.4, -0.2) is 20.4 Å². The van der Waals surface area contributed by atoms with E-state index in [9.17, 15) is 0 Å². The second-order valence-corrected chi connectivity index (χ2v) is 3.18. The van der Waals surface area contributed by atoms with Crippen LogP contribution in [0.15, 0.2) is 24.3 Å². The van der Waals surface area contributed by atoms with Crippen LogP contribution in [-0.2, 0) is 11.2 Å². The summed E-state index contributed by atoms with van der Waals surface area (Å²) in [5, 5.41) is 3.96. The lowest BCUT2D eigenvalue weighted by Gasteiger charge is -2.04. The molecule has 1 rings (SSSR count). The summed E-state index contributed by atoms with van der Waals surface area (Å²) in [5.74, 6) is 0. The Morgan fingerprint density at radius 2 is 2.15 bits per heavy atom. The van der Waals surface area contributed by atoms with Crippen molar-refractivity contribution in [1.82, 2.24) is 5.32 Å². The molecule has 0 saturated carbocycles. The SMILES string of the molecule is COCNCCc1ccccc1Cl. The van der Waals surface area contributed by atoms with Crippen molar-refractivity contribution in [3.8, 4) is 0 Å². The molecule has 0 unspecified atom stereocenters. The summed E-state index contributed by atoms with van der Waals surface area (Å²) in [5.41, 5.74) is 1.17. The molecule has 0 saturated heterocycles. The number of hydrogen-bond acceptors (Lipinski definition) is 2. The fraction of sp³-hybridized carbons (Fsp3) is 0.400. The van der Waals surface area contributed by atoms with Gasteiger partial charge in [-0.05, 0) is 18.1 Å². The molecule has 1 N–H and O–H groups in total. The molecule has 1 aromatic rings. The summed E-state index contributed by atoms with van der Waals surface area (Å²) in [7, 11) is 1.67. The Labute approximate surface area is 83.9 Å². The fourth-order valence-corrected chi connectivity index (χ4v) is 1.33. The van der Waals surface area contributed by atoms with Crippen LogP contribution in [0.2, 0.25) is 5.02 Å².